The lowest BCUT2D eigenvalue weighted by molar-refractivity contribution is 0.589. The topological polar surface area (TPSA) is 64.1 Å². The fourth-order valence-electron chi connectivity index (χ4n) is 2.67. The summed E-state index contributed by atoms with van der Waals surface area (Å²) >= 11 is 0. The number of hydrogen-bond donors (Lipinski definition) is 2. The van der Waals surface area contributed by atoms with Crippen LogP contribution in [-0.2, 0) is 6.42 Å². The summed E-state index contributed by atoms with van der Waals surface area (Å²) in [5, 5.41) is 3.08. The van der Waals surface area contributed by atoms with Crippen LogP contribution in [0.5, 0.6) is 0 Å². The molecule has 0 saturated heterocycles. The zero-order valence-corrected chi connectivity index (χ0v) is 13.7. The number of anilines is 1. The summed E-state index contributed by atoms with van der Waals surface area (Å²) in [7, 11) is 0. The largest absolute Gasteiger partial charge is 0.424 e. The number of nitrogens with one attached hydrogen (secondary N) is 1. The number of hydrogen-bond acceptors (Lipinski definition) is 4. The van der Waals surface area contributed by atoms with Crippen molar-refractivity contribution in [3.63, 3.8) is 0 Å². The Kier molecular flexibility index (Phi) is 7.23. The summed E-state index contributed by atoms with van der Waals surface area (Å²) in [5.74, 6) is 0. The number of rotatable bonds is 11. The van der Waals surface area contributed by atoms with Crippen molar-refractivity contribution >= 4 is 17.1 Å². The maximum Gasteiger partial charge on any atom is 0.295 e. The molecule has 0 fully saturated rings. The maximum absolute atomic E-state index is 5.63. The van der Waals surface area contributed by atoms with Crippen molar-refractivity contribution in [1.82, 2.24) is 4.98 Å². The number of oxazole rings is 1. The molecule has 1 heterocycles. The molecule has 0 saturated carbocycles. The van der Waals surface area contributed by atoms with Gasteiger partial charge < -0.3 is 15.5 Å². The van der Waals surface area contributed by atoms with Crippen LogP contribution in [0.4, 0.5) is 6.01 Å². The minimum absolute atomic E-state index is 0.563. The van der Waals surface area contributed by atoms with Gasteiger partial charge in [0.25, 0.3) is 6.01 Å². The summed E-state index contributed by atoms with van der Waals surface area (Å²) in [6.45, 7) is 3.51. The van der Waals surface area contributed by atoms with Crippen LogP contribution in [0.2, 0.25) is 0 Å². The van der Waals surface area contributed by atoms with Crippen LogP contribution < -0.4 is 11.1 Å². The SMILES string of the molecule is CCCCCCCCCc1ccc2oc(NCCN)nc2c1. The predicted molar refractivity (Wildman–Crippen MR) is 93.3 cm³/mol. The van der Waals surface area contributed by atoms with Gasteiger partial charge in [0.2, 0.25) is 0 Å². The van der Waals surface area contributed by atoms with E-state index in [0.29, 0.717) is 19.1 Å². The smallest absolute Gasteiger partial charge is 0.295 e. The van der Waals surface area contributed by atoms with E-state index in [-0.39, 0.29) is 0 Å². The highest BCUT2D eigenvalue weighted by Crippen LogP contribution is 2.21. The van der Waals surface area contributed by atoms with Crippen LogP contribution in [0.1, 0.15) is 57.4 Å². The molecule has 4 heteroatoms. The molecule has 0 bridgehead atoms. The number of aromatic nitrogens is 1. The summed E-state index contributed by atoms with van der Waals surface area (Å²) in [5.41, 5.74) is 8.58. The Hall–Kier alpha value is -1.55. The average Bonchev–Trinajstić information content (AvgIpc) is 2.94. The normalized spacial score (nSPS) is 11.2. The molecule has 1 aromatic carbocycles. The van der Waals surface area contributed by atoms with Gasteiger partial charge >= 0.3 is 0 Å². The predicted octanol–water partition coefficient (Wildman–Crippen LogP) is 4.49. The third-order valence-corrected chi connectivity index (χ3v) is 3.94. The Labute approximate surface area is 133 Å². The first-order valence-corrected chi connectivity index (χ1v) is 8.67. The van der Waals surface area contributed by atoms with Crippen molar-refractivity contribution in [2.45, 2.75) is 58.3 Å². The first-order valence-electron chi connectivity index (χ1n) is 8.67. The molecule has 2 aromatic rings. The van der Waals surface area contributed by atoms with E-state index in [2.05, 4.69) is 29.4 Å². The van der Waals surface area contributed by atoms with Gasteiger partial charge in [-0.25, -0.2) is 0 Å². The first kappa shape index (κ1) is 16.8. The minimum Gasteiger partial charge on any atom is -0.424 e. The summed E-state index contributed by atoms with van der Waals surface area (Å²) in [6.07, 6.45) is 10.5. The second kappa shape index (κ2) is 9.46. The fourth-order valence-corrected chi connectivity index (χ4v) is 2.67. The molecule has 2 rings (SSSR count). The van der Waals surface area contributed by atoms with Gasteiger partial charge in [0, 0.05) is 13.1 Å². The standard InChI is InChI=1S/C18H29N3O/c1-2-3-4-5-6-7-8-9-15-10-11-17-16(14-15)21-18(22-17)20-13-12-19/h10-11,14H,2-9,12-13,19H2,1H3,(H,20,21). The molecule has 0 atom stereocenters. The molecule has 122 valence electrons. The van der Waals surface area contributed by atoms with Gasteiger partial charge in [-0.2, -0.15) is 4.98 Å². The Bertz CT molecular complexity index is 550. The molecule has 0 aliphatic rings. The molecule has 3 N–H and O–H groups in total. The lowest BCUT2D eigenvalue weighted by Gasteiger charge is -2.02. The highest BCUT2D eigenvalue weighted by molar-refractivity contribution is 5.75. The highest BCUT2D eigenvalue weighted by atomic mass is 16.4. The molecule has 0 aliphatic heterocycles. The number of aryl methyl sites for hydroxylation is 1. The molecule has 0 aliphatic carbocycles. The number of nitrogens with zero attached hydrogens (tertiary/aromatic N) is 1. The van der Waals surface area contributed by atoms with E-state index in [9.17, 15) is 0 Å². The summed E-state index contributed by atoms with van der Waals surface area (Å²) in [6, 6.07) is 6.88. The molecular formula is C18H29N3O. The zero-order valence-electron chi connectivity index (χ0n) is 13.7. The van der Waals surface area contributed by atoms with E-state index >= 15 is 0 Å². The second-order valence-corrected chi connectivity index (χ2v) is 5.91. The van der Waals surface area contributed by atoms with Gasteiger partial charge in [-0.3, -0.25) is 0 Å². The number of nitrogens with two attached hydrogens (primary N) is 1. The van der Waals surface area contributed by atoms with Gasteiger partial charge in [-0.05, 0) is 30.5 Å². The van der Waals surface area contributed by atoms with Crippen LogP contribution >= 0.6 is 0 Å². The summed E-state index contributed by atoms with van der Waals surface area (Å²) < 4.78 is 5.63. The zero-order chi connectivity index (χ0) is 15.6. The van der Waals surface area contributed by atoms with Crippen LogP contribution in [-0.4, -0.2) is 18.1 Å². The van der Waals surface area contributed by atoms with Crippen LogP contribution in [0.3, 0.4) is 0 Å². The number of fused-ring (bicyclic) bond motifs is 1. The fraction of sp³-hybridized carbons (Fsp3) is 0.611. The van der Waals surface area contributed by atoms with Crippen molar-refractivity contribution < 1.29 is 4.42 Å². The molecule has 0 unspecified atom stereocenters. The van der Waals surface area contributed by atoms with Gasteiger partial charge in [0.05, 0.1) is 0 Å². The van der Waals surface area contributed by atoms with E-state index in [0.717, 1.165) is 17.5 Å². The number of benzene rings is 1. The molecule has 4 nitrogen and oxygen atoms in total. The van der Waals surface area contributed by atoms with E-state index < -0.39 is 0 Å². The molecule has 22 heavy (non-hydrogen) atoms. The van der Waals surface area contributed by atoms with Crippen molar-refractivity contribution in [3.8, 4) is 0 Å². The number of unbranched alkanes of at least 4 members (excludes halogenated alkanes) is 6. The maximum atomic E-state index is 5.63. The highest BCUT2D eigenvalue weighted by Gasteiger charge is 2.05. The summed E-state index contributed by atoms with van der Waals surface area (Å²) in [4.78, 5) is 4.46. The lowest BCUT2D eigenvalue weighted by Crippen LogP contribution is -2.13. The van der Waals surface area contributed by atoms with Crippen molar-refractivity contribution in [2.75, 3.05) is 18.4 Å². The monoisotopic (exact) mass is 303 g/mol. The Morgan fingerprint density at radius 3 is 2.64 bits per heavy atom. The molecule has 0 amide bonds. The van der Waals surface area contributed by atoms with E-state index in [1.807, 2.05) is 6.07 Å². The van der Waals surface area contributed by atoms with Crippen molar-refractivity contribution in [1.29, 1.82) is 0 Å². The van der Waals surface area contributed by atoms with E-state index in [1.54, 1.807) is 0 Å². The molecule has 1 aromatic heterocycles. The van der Waals surface area contributed by atoms with Gasteiger partial charge in [0.1, 0.15) is 5.52 Å². The van der Waals surface area contributed by atoms with Crippen LogP contribution in [0.15, 0.2) is 22.6 Å². The molecule has 0 radical (unpaired) electrons. The van der Waals surface area contributed by atoms with E-state index in [1.165, 1.54) is 50.5 Å². The Morgan fingerprint density at radius 1 is 1.09 bits per heavy atom. The van der Waals surface area contributed by atoms with Crippen molar-refractivity contribution in [3.05, 3.63) is 23.8 Å². The third kappa shape index (κ3) is 5.34. The van der Waals surface area contributed by atoms with Crippen molar-refractivity contribution in [2.24, 2.45) is 5.73 Å². The second-order valence-electron chi connectivity index (χ2n) is 5.91. The first-order chi connectivity index (χ1) is 10.8. The molecule has 0 spiro atoms. The van der Waals surface area contributed by atoms with Crippen LogP contribution in [0, 0.1) is 0 Å². The lowest BCUT2D eigenvalue weighted by atomic mass is 10.0. The molecular weight excluding hydrogens is 274 g/mol. The Morgan fingerprint density at radius 2 is 1.86 bits per heavy atom. The van der Waals surface area contributed by atoms with Gasteiger partial charge in [-0.15, -0.1) is 0 Å². The third-order valence-electron chi connectivity index (χ3n) is 3.94. The van der Waals surface area contributed by atoms with Crippen LogP contribution in [0.25, 0.3) is 11.1 Å². The Balaban J connectivity index is 1.77. The minimum atomic E-state index is 0.563. The quantitative estimate of drug-likeness (QED) is 0.600. The van der Waals surface area contributed by atoms with Gasteiger partial charge in [0.15, 0.2) is 5.58 Å². The van der Waals surface area contributed by atoms with E-state index in [4.69, 9.17) is 10.2 Å². The van der Waals surface area contributed by atoms with Gasteiger partial charge in [-0.1, -0.05) is 51.5 Å². The average molecular weight is 303 g/mol.